The Bertz CT molecular complexity index is 900. The van der Waals surface area contributed by atoms with Gasteiger partial charge in [-0.05, 0) is 32.9 Å². The van der Waals surface area contributed by atoms with Gasteiger partial charge in [0, 0.05) is 18.5 Å². The summed E-state index contributed by atoms with van der Waals surface area (Å²) in [6.45, 7) is 7.60. The molecule has 5 rings (SSSR count). The first kappa shape index (κ1) is 21.3. The molecule has 8 nitrogen and oxygen atoms in total. The van der Waals surface area contributed by atoms with Crippen LogP contribution in [0.2, 0.25) is 0 Å². The third kappa shape index (κ3) is 8.14. The number of tetrazole rings is 1. The van der Waals surface area contributed by atoms with Gasteiger partial charge in [0.25, 0.3) is 0 Å². The number of thiazole rings is 2. The molecule has 28 heavy (non-hydrogen) atoms. The molecular formula is C18H21N7OS2. The monoisotopic (exact) mass is 415 g/mol. The number of para-hydroxylation sites is 1. The minimum Gasteiger partial charge on any atom is -0.449 e. The summed E-state index contributed by atoms with van der Waals surface area (Å²) < 4.78 is 6.00. The Morgan fingerprint density at radius 1 is 0.964 bits per heavy atom. The zero-order valence-electron chi connectivity index (χ0n) is 16.0. The lowest BCUT2D eigenvalue weighted by Crippen LogP contribution is -1.69. The van der Waals surface area contributed by atoms with Gasteiger partial charge in [0.15, 0.2) is 11.7 Å². The van der Waals surface area contributed by atoms with E-state index in [2.05, 4.69) is 41.6 Å². The highest BCUT2D eigenvalue weighted by Gasteiger charge is 1.95. The molecule has 5 aromatic rings. The molecular weight excluding hydrogens is 394 g/mol. The van der Waals surface area contributed by atoms with Crippen LogP contribution in [0.1, 0.15) is 21.7 Å². The lowest BCUT2D eigenvalue weighted by molar-refractivity contribution is 0.521. The minimum atomic E-state index is 0.676. The SMILES string of the molecule is Cc1nc2ccccc2s1.Cc1ncco1.Cc1nccs1.Cc1nn[nH]n1. The molecule has 0 unspecified atom stereocenters. The van der Waals surface area contributed by atoms with Crippen molar-refractivity contribution < 1.29 is 4.42 Å². The van der Waals surface area contributed by atoms with Gasteiger partial charge in [-0.15, -0.1) is 32.9 Å². The number of H-pyrrole nitrogens is 1. The average molecular weight is 416 g/mol. The van der Waals surface area contributed by atoms with Crippen molar-refractivity contribution in [3.8, 4) is 0 Å². The van der Waals surface area contributed by atoms with Crippen LogP contribution < -0.4 is 0 Å². The molecule has 0 saturated carbocycles. The van der Waals surface area contributed by atoms with E-state index in [0.717, 1.165) is 21.4 Å². The summed E-state index contributed by atoms with van der Waals surface area (Å²) in [5.74, 6) is 1.39. The van der Waals surface area contributed by atoms with Gasteiger partial charge >= 0.3 is 0 Å². The first-order chi connectivity index (χ1) is 13.5. The van der Waals surface area contributed by atoms with Crippen molar-refractivity contribution in [2.75, 3.05) is 0 Å². The Labute approximate surface area is 170 Å². The molecule has 0 aliphatic carbocycles. The van der Waals surface area contributed by atoms with Crippen molar-refractivity contribution in [1.82, 2.24) is 35.6 Å². The largest absolute Gasteiger partial charge is 0.449 e. The number of rotatable bonds is 0. The van der Waals surface area contributed by atoms with E-state index in [1.165, 1.54) is 4.70 Å². The van der Waals surface area contributed by atoms with Crippen LogP contribution in [0.25, 0.3) is 10.2 Å². The van der Waals surface area contributed by atoms with Crippen LogP contribution >= 0.6 is 22.7 Å². The number of fused-ring (bicyclic) bond motifs is 1. The maximum absolute atomic E-state index is 4.72. The standard InChI is InChI=1S/C8H7NS.C4H5NO.C4H5NS.C2H4N4/c1-6-9-7-4-2-3-5-8(7)10-6;2*1-4-5-2-3-6-4;1-2-3-5-6-4-2/h2-5H,1H3;2*2-3H,1H3;1H3,(H,3,4,5,6). The zero-order chi connectivity index (χ0) is 20.2. The average Bonchev–Trinajstić information content (AvgIpc) is 3.46. The van der Waals surface area contributed by atoms with Gasteiger partial charge in [-0.1, -0.05) is 17.3 Å². The fourth-order valence-corrected chi connectivity index (χ4v) is 3.06. The number of oxazole rings is 1. The van der Waals surface area contributed by atoms with Crippen molar-refractivity contribution >= 4 is 32.9 Å². The van der Waals surface area contributed by atoms with Crippen LogP contribution in [-0.2, 0) is 0 Å². The van der Waals surface area contributed by atoms with E-state index in [1.807, 2.05) is 37.4 Å². The minimum absolute atomic E-state index is 0.676. The lowest BCUT2D eigenvalue weighted by atomic mass is 10.3. The van der Waals surface area contributed by atoms with Crippen LogP contribution in [-0.4, -0.2) is 35.6 Å². The van der Waals surface area contributed by atoms with E-state index in [0.29, 0.717) is 5.82 Å². The highest BCUT2D eigenvalue weighted by molar-refractivity contribution is 7.18. The second-order valence-corrected chi connectivity index (χ2v) is 7.60. The van der Waals surface area contributed by atoms with Crippen LogP contribution in [0, 0.1) is 27.7 Å². The maximum Gasteiger partial charge on any atom is 0.190 e. The smallest absolute Gasteiger partial charge is 0.190 e. The Morgan fingerprint density at radius 2 is 1.79 bits per heavy atom. The molecule has 0 fully saturated rings. The summed E-state index contributed by atoms with van der Waals surface area (Å²) in [4.78, 5) is 12.0. The summed E-state index contributed by atoms with van der Waals surface area (Å²) in [6.07, 6.45) is 4.98. The third-order valence-electron chi connectivity index (χ3n) is 2.96. The molecule has 146 valence electrons. The van der Waals surface area contributed by atoms with E-state index in [4.69, 9.17) is 4.42 Å². The van der Waals surface area contributed by atoms with E-state index >= 15 is 0 Å². The van der Waals surface area contributed by atoms with E-state index < -0.39 is 0 Å². The van der Waals surface area contributed by atoms with Gasteiger partial charge in [-0.25, -0.2) is 9.97 Å². The first-order valence-electron chi connectivity index (χ1n) is 8.29. The molecule has 4 aromatic heterocycles. The first-order valence-corrected chi connectivity index (χ1v) is 9.98. The number of nitrogens with one attached hydrogen (secondary N) is 1. The second-order valence-electron chi connectivity index (χ2n) is 5.26. The van der Waals surface area contributed by atoms with Gasteiger partial charge in [0.1, 0.15) is 6.26 Å². The van der Waals surface area contributed by atoms with Crippen molar-refractivity contribution in [3.63, 3.8) is 0 Å². The van der Waals surface area contributed by atoms with Crippen molar-refractivity contribution in [2.45, 2.75) is 27.7 Å². The van der Waals surface area contributed by atoms with Crippen LogP contribution in [0.5, 0.6) is 0 Å². The zero-order valence-corrected chi connectivity index (χ0v) is 17.7. The summed E-state index contributed by atoms with van der Waals surface area (Å²) in [5.41, 5.74) is 1.12. The molecule has 0 atom stereocenters. The molecule has 1 aromatic carbocycles. The fraction of sp³-hybridized carbons (Fsp3) is 0.222. The summed E-state index contributed by atoms with van der Waals surface area (Å²) in [6, 6.07) is 8.19. The quantitative estimate of drug-likeness (QED) is 0.395. The molecule has 1 N–H and O–H groups in total. The van der Waals surface area contributed by atoms with Crippen LogP contribution in [0.4, 0.5) is 0 Å². The predicted octanol–water partition coefficient (Wildman–Crippen LogP) is 4.55. The Hall–Kier alpha value is -2.98. The van der Waals surface area contributed by atoms with E-state index in [1.54, 1.807) is 55.2 Å². The number of hydrogen-bond donors (Lipinski definition) is 1. The lowest BCUT2D eigenvalue weighted by Gasteiger charge is -1.80. The van der Waals surface area contributed by atoms with E-state index in [-0.39, 0.29) is 0 Å². The van der Waals surface area contributed by atoms with Crippen LogP contribution in [0.3, 0.4) is 0 Å². The normalized spacial score (nSPS) is 9.43. The number of benzene rings is 1. The van der Waals surface area contributed by atoms with Gasteiger partial charge < -0.3 is 4.42 Å². The van der Waals surface area contributed by atoms with Crippen molar-refractivity contribution in [3.05, 3.63) is 70.0 Å². The molecule has 0 saturated heterocycles. The highest BCUT2D eigenvalue weighted by atomic mass is 32.1. The number of nitrogens with zero attached hydrogens (tertiary/aromatic N) is 6. The van der Waals surface area contributed by atoms with Gasteiger partial charge in [0.05, 0.1) is 26.4 Å². The summed E-state index contributed by atoms with van der Waals surface area (Å²) in [7, 11) is 0. The highest BCUT2D eigenvalue weighted by Crippen LogP contribution is 2.19. The predicted molar refractivity (Wildman–Crippen MR) is 111 cm³/mol. The molecule has 0 amide bonds. The van der Waals surface area contributed by atoms with Crippen molar-refractivity contribution in [1.29, 1.82) is 0 Å². The molecule has 0 radical (unpaired) electrons. The Balaban J connectivity index is 0.000000138. The van der Waals surface area contributed by atoms with Gasteiger partial charge in [-0.3, -0.25) is 4.98 Å². The van der Waals surface area contributed by atoms with E-state index in [9.17, 15) is 0 Å². The number of aryl methyl sites for hydroxylation is 4. The number of aromatic nitrogens is 7. The number of aromatic amines is 1. The topological polar surface area (TPSA) is 106 Å². The molecule has 0 spiro atoms. The molecule has 10 heteroatoms. The Morgan fingerprint density at radius 3 is 2.18 bits per heavy atom. The Kier molecular flexibility index (Phi) is 8.89. The molecule has 0 bridgehead atoms. The fourth-order valence-electron chi connectivity index (χ4n) is 1.79. The second kappa shape index (κ2) is 11.7. The summed E-state index contributed by atoms with van der Waals surface area (Å²) >= 11 is 3.41. The van der Waals surface area contributed by atoms with Crippen LogP contribution in [0.15, 0.2) is 52.7 Å². The maximum atomic E-state index is 4.72. The number of hydrogen-bond acceptors (Lipinski definition) is 9. The third-order valence-corrected chi connectivity index (χ3v) is 4.62. The summed E-state index contributed by atoms with van der Waals surface area (Å²) in [5, 5.41) is 17.0. The van der Waals surface area contributed by atoms with Gasteiger partial charge in [-0.2, -0.15) is 5.21 Å². The molecule has 4 heterocycles. The van der Waals surface area contributed by atoms with Gasteiger partial charge in [0.2, 0.25) is 0 Å². The molecule has 0 aliphatic rings. The molecule has 0 aliphatic heterocycles. The van der Waals surface area contributed by atoms with Crippen molar-refractivity contribution in [2.24, 2.45) is 0 Å².